The summed E-state index contributed by atoms with van der Waals surface area (Å²) in [5, 5.41) is 4.37. The SMILES string of the molecule is CCOC(=O)C1=C(COCCN(C)c2nc(N)c3ccccc3n2)NC(C)=C(C(=O)OC)C1c1ccccc1Cl.Cl. The number of nitrogens with two attached hydrogens (primary N) is 1. The van der Waals surface area contributed by atoms with Crippen molar-refractivity contribution in [1.82, 2.24) is 15.3 Å². The molecule has 0 radical (unpaired) electrons. The fourth-order valence-electron chi connectivity index (χ4n) is 4.60. The Morgan fingerprint density at radius 2 is 1.78 bits per heavy atom. The third-order valence-electron chi connectivity index (χ3n) is 6.54. The molecule has 4 rings (SSSR count). The van der Waals surface area contributed by atoms with Crippen molar-refractivity contribution in [3.8, 4) is 0 Å². The molecule has 1 unspecified atom stereocenters. The molecule has 218 valence electrons. The average molecular weight is 603 g/mol. The van der Waals surface area contributed by atoms with Crippen LogP contribution < -0.4 is 16.0 Å². The second-order valence-electron chi connectivity index (χ2n) is 9.12. The Morgan fingerprint density at radius 1 is 1.07 bits per heavy atom. The number of ether oxygens (including phenoxy) is 3. The average Bonchev–Trinajstić information content (AvgIpc) is 2.94. The number of allylic oxidation sites excluding steroid dienone is 1. The van der Waals surface area contributed by atoms with Gasteiger partial charge in [0.05, 0.1) is 55.2 Å². The van der Waals surface area contributed by atoms with Crippen molar-refractivity contribution in [3.05, 3.63) is 81.7 Å². The van der Waals surface area contributed by atoms with Crippen LogP contribution in [0.4, 0.5) is 11.8 Å². The van der Waals surface area contributed by atoms with Crippen LogP contribution in [0.3, 0.4) is 0 Å². The van der Waals surface area contributed by atoms with Crippen LogP contribution in [0.1, 0.15) is 25.3 Å². The Labute approximate surface area is 249 Å². The molecule has 3 aromatic rings. The number of anilines is 2. The van der Waals surface area contributed by atoms with Gasteiger partial charge in [0, 0.05) is 29.7 Å². The molecule has 0 bridgehead atoms. The van der Waals surface area contributed by atoms with E-state index < -0.39 is 17.9 Å². The van der Waals surface area contributed by atoms with Crippen molar-refractivity contribution in [3.63, 3.8) is 0 Å². The number of nitrogens with one attached hydrogen (secondary N) is 1. The molecule has 41 heavy (non-hydrogen) atoms. The maximum Gasteiger partial charge on any atom is 0.336 e. The van der Waals surface area contributed by atoms with Gasteiger partial charge in [0.1, 0.15) is 5.82 Å². The molecule has 0 amide bonds. The van der Waals surface area contributed by atoms with Crippen LogP contribution in [-0.4, -0.2) is 62.4 Å². The lowest BCUT2D eigenvalue weighted by molar-refractivity contribution is -0.139. The number of rotatable bonds is 10. The number of aromatic nitrogens is 2. The fraction of sp³-hybridized carbons (Fsp3) is 0.310. The molecule has 10 nitrogen and oxygen atoms in total. The Bertz CT molecular complexity index is 1490. The van der Waals surface area contributed by atoms with Gasteiger partial charge in [0.25, 0.3) is 0 Å². The van der Waals surface area contributed by atoms with Gasteiger partial charge >= 0.3 is 11.9 Å². The van der Waals surface area contributed by atoms with Crippen molar-refractivity contribution in [2.24, 2.45) is 0 Å². The molecule has 3 N–H and O–H groups in total. The molecular formula is C29H33Cl2N5O5. The summed E-state index contributed by atoms with van der Waals surface area (Å²) in [6.07, 6.45) is 0. The predicted octanol–water partition coefficient (Wildman–Crippen LogP) is 4.39. The van der Waals surface area contributed by atoms with Gasteiger partial charge in [-0.3, -0.25) is 0 Å². The summed E-state index contributed by atoms with van der Waals surface area (Å²) in [6.45, 7) is 4.41. The number of carbonyl (C=O) groups excluding carboxylic acids is 2. The molecule has 1 aliphatic heterocycles. The fourth-order valence-corrected chi connectivity index (χ4v) is 4.84. The smallest absolute Gasteiger partial charge is 0.336 e. The van der Waals surface area contributed by atoms with Crippen LogP contribution in [0, 0.1) is 0 Å². The van der Waals surface area contributed by atoms with E-state index in [4.69, 9.17) is 31.5 Å². The van der Waals surface area contributed by atoms with Crippen LogP contribution in [0.25, 0.3) is 10.9 Å². The zero-order valence-corrected chi connectivity index (χ0v) is 24.8. The normalized spacial score (nSPS) is 14.8. The van der Waals surface area contributed by atoms with Gasteiger partial charge < -0.3 is 30.2 Å². The number of methoxy groups -OCH3 is 1. The standard InChI is InChI=1S/C29H32ClN5O5.ClH/c1-5-40-28(37)25-22(32-17(2)23(27(36)38-4)24(25)18-10-6-8-12-20(18)30)16-39-15-14-35(3)29-33-21-13-9-7-11-19(21)26(31)34-29;/h6-13,24,32H,5,14-16H2,1-4H3,(H2,31,33,34);1H. The summed E-state index contributed by atoms with van der Waals surface area (Å²) < 4.78 is 16.5. The maximum atomic E-state index is 13.3. The number of dihydropyridines is 1. The summed E-state index contributed by atoms with van der Waals surface area (Å²) >= 11 is 6.55. The van der Waals surface area contributed by atoms with Crippen LogP contribution >= 0.6 is 24.0 Å². The van der Waals surface area contributed by atoms with E-state index in [-0.39, 0.29) is 43.4 Å². The number of nitrogens with zero attached hydrogens (tertiary/aromatic N) is 3. The number of likely N-dealkylation sites (N-methyl/N-ethyl adjacent to an activating group) is 1. The number of hydrogen-bond acceptors (Lipinski definition) is 10. The van der Waals surface area contributed by atoms with Gasteiger partial charge in [0.15, 0.2) is 0 Å². The predicted molar refractivity (Wildman–Crippen MR) is 161 cm³/mol. The number of carbonyl (C=O) groups is 2. The highest BCUT2D eigenvalue weighted by Gasteiger charge is 2.39. The van der Waals surface area contributed by atoms with E-state index in [0.29, 0.717) is 40.3 Å². The molecule has 0 saturated carbocycles. The van der Waals surface area contributed by atoms with Crippen LogP contribution in [0.2, 0.25) is 5.02 Å². The van der Waals surface area contributed by atoms with Crippen molar-refractivity contribution < 1.29 is 23.8 Å². The first-order valence-electron chi connectivity index (χ1n) is 12.8. The number of para-hydroxylation sites is 1. The minimum atomic E-state index is -0.809. The van der Waals surface area contributed by atoms with E-state index in [1.165, 1.54) is 7.11 Å². The number of fused-ring (bicyclic) bond motifs is 1. The first kappa shape index (κ1) is 31.7. The molecule has 0 fully saturated rings. The van der Waals surface area contributed by atoms with Crippen LogP contribution in [0.15, 0.2) is 71.1 Å². The lowest BCUT2D eigenvalue weighted by Gasteiger charge is -2.31. The highest BCUT2D eigenvalue weighted by atomic mass is 35.5. The zero-order valence-electron chi connectivity index (χ0n) is 23.3. The highest BCUT2D eigenvalue weighted by Crippen LogP contribution is 2.41. The van der Waals surface area contributed by atoms with Crippen LogP contribution in [-0.2, 0) is 23.8 Å². The van der Waals surface area contributed by atoms with E-state index in [1.54, 1.807) is 38.1 Å². The lowest BCUT2D eigenvalue weighted by Crippen LogP contribution is -2.35. The summed E-state index contributed by atoms with van der Waals surface area (Å²) in [7, 11) is 3.14. The summed E-state index contributed by atoms with van der Waals surface area (Å²) in [4.78, 5) is 37.0. The van der Waals surface area contributed by atoms with Gasteiger partial charge in [-0.1, -0.05) is 41.9 Å². The largest absolute Gasteiger partial charge is 0.466 e. The number of nitrogen functional groups attached to an aromatic ring is 1. The van der Waals surface area contributed by atoms with Gasteiger partial charge in [-0.25, -0.2) is 14.6 Å². The molecule has 12 heteroatoms. The summed E-state index contributed by atoms with van der Waals surface area (Å²) in [6, 6.07) is 14.6. The minimum absolute atomic E-state index is 0. The maximum absolute atomic E-state index is 13.3. The van der Waals surface area contributed by atoms with Crippen molar-refractivity contribution in [2.45, 2.75) is 19.8 Å². The highest BCUT2D eigenvalue weighted by molar-refractivity contribution is 6.31. The number of benzene rings is 2. The van der Waals surface area contributed by atoms with Gasteiger partial charge in [-0.15, -0.1) is 12.4 Å². The van der Waals surface area contributed by atoms with E-state index in [0.717, 1.165) is 10.9 Å². The second kappa shape index (κ2) is 14.2. The van der Waals surface area contributed by atoms with Crippen LogP contribution in [0.5, 0.6) is 0 Å². The van der Waals surface area contributed by atoms with Crippen molar-refractivity contribution in [2.75, 3.05) is 51.2 Å². The summed E-state index contributed by atoms with van der Waals surface area (Å²) in [5.41, 5.74) is 8.97. The third-order valence-corrected chi connectivity index (χ3v) is 6.89. The van der Waals surface area contributed by atoms with Gasteiger partial charge in [-0.05, 0) is 37.6 Å². The Morgan fingerprint density at radius 3 is 2.49 bits per heavy atom. The molecule has 0 aliphatic carbocycles. The topological polar surface area (TPSA) is 129 Å². The molecule has 0 spiro atoms. The summed E-state index contributed by atoms with van der Waals surface area (Å²) in [5.74, 6) is -1.09. The number of halogens is 2. The molecule has 1 aliphatic rings. The Balaban J connectivity index is 0.00000462. The quantitative estimate of drug-likeness (QED) is 0.255. The Hall–Kier alpha value is -3.86. The first-order valence-corrected chi connectivity index (χ1v) is 13.2. The molecule has 2 heterocycles. The Kier molecular flexibility index (Phi) is 10.9. The molecule has 0 saturated heterocycles. The van der Waals surface area contributed by atoms with E-state index in [1.807, 2.05) is 36.2 Å². The monoisotopic (exact) mass is 601 g/mol. The molecular weight excluding hydrogens is 569 g/mol. The van der Waals surface area contributed by atoms with Crippen molar-refractivity contribution >= 4 is 58.6 Å². The van der Waals surface area contributed by atoms with E-state index >= 15 is 0 Å². The molecule has 1 aromatic heterocycles. The third kappa shape index (κ3) is 6.90. The van der Waals surface area contributed by atoms with Gasteiger partial charge in [-0.2, -0.15) is 4.98 Å². The zero-order chi connectivity index (χ0) is 28.8. The van der Waals surface area contributed by atoms with E-state index in [9.17, 15) is 9.59 Å². The lowest BCUT2D eigenvalue weighted by atomic mass is 9.80. The number of hydrogen-bond donors (Lipinski definition) is 2. The van der Waals surface area contributed by atoms with Crippen molar-refractivity contribution in [1.29, 1.82) is 0 Å². The van der Waals surface area contributed by atoms with E-state index in [2.05, 4.69) is 15.3 Å². The molecule has 2 aromatic carbocycles. The number of esters is 2. The first-order chi connectivity index (χ1) is 19.3. The van der Waals surface area contributed by atoms with Gasteiger partial charge in [0.2, 0.25) is 5.95 Å². The minimum Gasteiger partial charge on any atom is -0.466 e. The second-order valence-corrected chi connectivity index (χ2v) is 9.53. The molecule has 1 atom stereocenters.